The van der Waals surface area contributed by atoms with E-state index in [0.29, 0.717) is 5.56 Å². The predicted molar refractivity (Wildman–Crippen MR) is 97.6 cm³/mol. The average Bonchev–Trinajstić information content (AvgIpc) is 2.57. The molecule has 0 fully saturated rings. The van der Waals surface area contributed by atoms with E-state index < -0.39 is 34.4 Å². The highest BCUT2D eigenvalue weighted by Crippen LogP contribution is 2.38. The maximum atomic E-state index is 12.1. The number of aromatic amines is 1. The highest BCUT2D eigenvalue weighted by molar-refractivity contribution is 6.07. The van der Waals surface area contributed by atoms with Crippen molar-refractivity contribution >= 4 is 17.8 Å². The van der Waals surface area contributed by atoms with Gasteiger partial charge in [-0.2, -0.15) is 0 Å². The van der Waals surface area contributed by atoms with E-state index in [1.165, 1.54) is 18.2 Å². The second-order valence-electron chi connectivity index (χ2n) is 5.51. The van der Waals surface area contributed by atoms with Crippen LogP contribution in [0.2, 0.25) is 0 Å². The normalized spacial score (nSPS) is 10.4. The smallest absolute Gasteiger partial charge is 0.342 e. The Morgan fingerprint density at radius 2 is 1.89 bits per heavy atom. The number of aromatic hydroxyl groups is 1. The summed E-state index contributed by atoms with van der Waals surface area (Å²) >= 11 is 0. The van der Waals surface area contributed by atoms with Gasteiger partial charge in [0, 0.05) is 11.1 Å². The Morgan fingerprint density at radius 3 is 2.41 bits per heavy atom. The largest absolute Gasteiger partial charge is 0.504 e. The van der Waals surface area contributed by atoms with Crippen LogP contribution in [-0.4, -0.2) is 38.8 Å². The number of nitrogens with two attached hydrogens (primary N) is 1. The molecule has 0 aliphatic carbocycles. The Bertz CT molecular complexity index is 992. The van der Waals surface area contributed by atoms with Gasteiger partial charge in [0.25, 0.3) is 5.56 Å². The molecule has 0 unspecified atom stereocenters. The number of carbonyl (C=O) groups is 2. The lowest BCUT2D eigenvalue weighted by atomic mass is 9.93. The van der Waals surface area contributed by atoms with Crippen molar-refractivity contribution in [2.75, 3.05) is 12.3 Å². The third-order valence-electron chi connectivity index (χ3n) is 3.78. The van der Waals surface area contributed by atoms with Crippen LogP contribution in [0.4, 0.5) is 5.82 Å². The molecule has 6 N–H and O–H groups in total. The van der Waals surface area contributed by atoms with E-state index in [2.05, 4.69) is 6.58 Å². The number of benzene rings is 1. The summed E-state index contributed by atoms with van der Waals surface area (Å²) in [6.45, 7) is 5.45. The van der Waals surface area contributed by atoms with Gasteiger partial charge in [-0.25, -0.2) is 9.59 Å². The molecule has 0 saturated heterocycles. The van der Waals surface area contributed by atoms with Crippen molar-refractivity contribution in [1.29, 1.82) is 0 Å². The van der Waals surface area contributed by atoms with Gasteiger partial charge >= 0.3 is 11.9 Å². The number of pyridine rings is 1. The van der Waals surface area contributed by atoms with Crippen LogP contribution in [0, 0.1) is 0 Å². The van der Waals surface area contributed by atoms with Gasteiger partial charge in [0.15, 0.2) is 11.5 Å². The van der Waals surface area contributed by atoms with E-state index >= 15 is 0 Å². The molecular formula is C18H18N2O7. The fourth-order valence-electron chi connectivity index (χ4n) is 2.72. The van der Waals surface area contributed by atoms with E-state index in [1.54, 1.807) is 6.92 Å². The second-order valence-corrected chi connectivity index (χ2v) is 5.51. The van der Waals surface area contributed by atoms with Crippen molar-refractivity contribution in [2.45, 2.75) is 13.3 Å². The molecule has 1 aromatic carbocycles. The number of aromatic carboxylic acids is 2. The molecule has 0 aliphatic heterocycles. The maximum absolute atomic E-state index is 12.1. The van der Waals surface area contributed by atoms with Gasteiger partial charge in [-0.1, -0.05) is 6.08 Å². The van der Waals surface area contributed by atoms with Crippen molar-refractivity contribution in [3.63, 3.8) is 0 Å². The van der Waals surface area contributed by atoms with Gasteiger partial charge in [0.1, 0.15) is 16.9 Å². The molecule has 0 amide bonds. The summed E-state index contributed by atoms with van der Waals surface area (Å²) in [4.78, 5) is 37.5. The first-order chi connectivity index (χ1) is 12.7. The number of hydrogen-bond acceptors (Lipinski definition) is 6. The van der Waals surface area contributed by atoms with Gasteiger partial charge in [0.2, 0.25) is 0 Å². The number of phenolic OH excluding ortho intramolecular Hbond substituents is 1. The number of carboxylic acid groups (broad SMARTS) is 2. The molecule has 1 heterocycles. The lowest BCUT2D eigenvalue weighted by Crippen LogP contribution is -2.24. The predicted octanol–water partition coefficient (Wildman–Crippen LogP) is 1.85. The number of anilines is 1. The summed E-state index contributed by atoms with van der Waals surface area (Å²) in [7, 11) is 0. The Hall–Kier alpha value is -3.75. The second kappa shape index (κ2) is 7.65. The first-order valence-electron chi connectivity index (χ1n) is 7.85. The summed E-state index contributed by atoms with van der Waals surface area (Å²) in [6.07, 6.45) is 1.69. The SMILES string of the molecule is C=CCc1cc(-c2c(C(=O)O)c(N)[nH]c(=O)c2C(=O)O)cc(OCC)c1O. The highest BCUT2D eigenvalue weighted by Gasteiger charge is 2.27. The molecule has 27 heavy (non-hydrogen) atoms. The number of H-pyrrole nitrogens is 1. The fourth-order valence-corrected chi connectivity index (χ4v) is 2.72. The van der Waals surface area contributed by atoms with Crippen LogP contribution < -0.4 is 16.0 Å². The van der Waals surface area contributed by atoms with Crippen LogP contribution in [-0.2, 0) is 6.42 Å². The van der Waals surface area contributed by atoms with Crippen LogP contribution in [0.15, 0.2) is 29.6 Å². The van der Waals surface area contributed by atoms with Gasteiger partial charge in [-0.15, -0.1) is 6.58 Å². The lowest BCUT2D eigenvalue weighted by molar-refractivity contribution is 0.0695. The Labute approximate surface area is 153 Å². The topological polar surface area (TPSA) is 163 Å². The quantitative estimate of drug-likeness (QED) is 0.458. The van der Waals surface area contributed by atoms with Gasteiger partial charge < -0.3 is 30.8 Å². The monoisotopic (exact) mass is 374 g/mol. The summed E-state index contributed by atoms with van der Waals surface area (Å²) in [5.41, 5.74) is 3.24. The molecule has 0 radical (unpaired) electrons. The molecule has 9 heteroatoms. The number of nitrogens with one attached hydrogen (secondary N) is 1. The van der Waals surface area contributed by atoms with Gasteiger partial charge in [0.05, 0.1) is 6.61 Å². The van der Waals surface area contributed by atoms with E-state index in [-0.39, 0.29) is 35.7 Å². The first-order valence-corrected chi connectivity index (χ1v) is 7.85. The zero-order valence-corrected chi connectivity index (χ0v) is 14.4. The van der Waals surface area contributed by atoms with E-state index in [9.17, 15) is 29.7 Å². The molecule has 1 aromatic heterocycles. The maximum Gasteiger partial charge on any atom is 0.342 e. The standard InChI is InChI=1S/C18H18N2O7/c1-3-5-8-6-9(7-10(14(8)21)27-4-2)11-12(17(23)24)15(19)20-16(22)13(11)18(25)26/h3,6-7,21H,1,4-5H2,2H3,(H,23,24)(H,25,26)(H3,19,20,22). The summed E-state index contributed by atoms with van der Waals surface area (Å²) in [5.74, 6) is -3.79. The third-order valence-corrected chi connectivity index (χ3v) is 3.78. The number of allylic oxidation sites excluding steroid dienone is 1. The number of ether oxygens (including phenoxy) is 1. The van der Waals surface area contributed by atoms with E-state index in [1.807, 2.05) is 4.98 Å². The zero-order chi connectivity index (χ0) is 20.3. The minimum atomic E-state index is -1.62. The number of rotatable bonds is 7. The average molecular weight is 374 g/mol. The minimum absolute atomic E-state index is 0.0124. The molecule has 0 aliphatic rings. The molecule has 0 atom stereocenters. The van der Waals surface area contributed by atoms with Crippen molar-refractivity contribution in [3.8, 4) is 22.6 Å². The number of aromatic nitrogens is 1. The number of nitrogen functional groups attached to an aromatic ring is 1. The minimum Gasteiger partial charge on any atom is -0.504 e. The van der Waals surface area contributed by atoms with Crippen molar-refractivity contribution in [3.05, 3.63) is 51.8 Å². The molecule has 0 bridgehead atoms. The number of carboxylic acids is 2. The third kappa shape index (κ3) is 3.61. The van der Waals surface area contributed by atoms with Crippen LogP contribution in [0.1, 0.15) is 33.2 Å². The Balaban J connectivity index is 3.00. The van der Waals surface area contributed by atoms with Crippen LogP contribution in [0.25, 0.3) is 11.1 Å². The first kappa shape index (κ1) is 19.6. The zero-order valence-electron chi connectivity index (χ0n) is 14.4. The van der Waals surface area contributed by atoms with Crippen molar-refractivity contribution in [2.24, 2.45) is 0 Å². The molecule has 2 aromatic rings. The Morgan fingerprint density at radius 1 is 1.26 bits per heavy atom. The van der Waals surface area contributed by atoms with Crippen molar-refractivity contribution in [1.82, 2.24) is 4.98 Å². The lowest BCUT2D eigenvalue weighted by Gasteiger charge is -2.16. The molecule has 9 nitrogen and oxygen atoms in total. The van der Waals surface area contributed by atoms with Gasteiger partial charge in [-0.3, -0.25) is 4.79 Å². The molecule has 2 rings (SSSR count). The summed E-state index contributed by atoms with van der Waals surface area (Å²) in [5, 5.41) is 29.3. The van der Waals surface area contributed by atoms with Crippen LogP contribution >= 0.6 is 0 Å². The Kier molecular flexibility index (Phi) is 5.54. The fraction of sp³-hybridized carbons (Fsp3) is 0.167. The number of phenols is 1. The van der Waals surface area contributed by atoms with Crippen LogP contribution in [0.3, 0.4) is 0 Å². The molecule has 142 valence electrons. The van der Waals surface area contributed by atoms with E-state index in [4.69, 9.17) is 10.5 Å². The highest BCUT2D eigenvalue weighted by atomic mass is 16.5. The number of hydrogen-bond donors (Lipinski definition) is 5. The van der Waals surface area contributed by atoms with Crippen LogP contribution in [0.5, 0.6) is 11.5 Å². The summed E-state index contributed by atoms with van der Waals surface area (Å²) < 4.78 is 5.35. The summed E-state index contributed by atoms with van der Waals surface area (Å²) in [6, 6.07) is 2.63. The van der Waals surface area contributed by atoms with E-state index in [0.717, 1.165) is 0 Å². The van der Waals surface area contributed by atoms with Gasteiger partial charge in [-0.05, 0) is 31.0 Å². The van der Waals surface area contributed by atoms with Crippen molar-refractivity contribution < 1.29 is 29.6 Å². The molecule has 0 spiro atoms. The molecule has 0 saturated carbocycles. The molecular weight excluding hydrogens is 356 g/mol.